The first kappa shape index (κ1) is 8.73. The summed E-state index contributed by atoms with van der Waals surface area (Å²) in [6.07, 6.45) is 1.14. The first-order valence-electron chi connectivity index (χ1n) is 4.72. The van der Waals surface area contributed by atoms with Crippen molar-refractivity contribution < 1.29 is 4.74 Å². The molecule has 1 aliphatic rings. The van der Waals surface area contributed by atoms with Crippen molar-refractivity contribution in [2.45, 2.75) is 19.4 Å². The average molecular weight is 177 g/mol. The Labute approximate surface area is 78.7 Å². The molecule has 1 heterocycles. The molecule has 0 aromatic heterocycles. The van der Waals surface area contributed by atoms with Gasteiger partial charge >= 0.3 is 0 Å². The first-order chi connectivity index (χ1) is 6.31. The minimum absolute atomic E-state index is 0.115. The third kappa shape index (κ3) is 1.60. The van der Waals surface area contributed by atoms with Crippen LogP contribution in [0.2, 0.25) is 0 Å². The Morgan fingerprint density at radius 3 is 3.15 bits per heavy atom. The van der Waals surface area contributed by atoms with E-state index in [-0.39, 0.29) is 6.10 Å². The van der Waals surface area contributed by atoms with Crippen LogP contribution >= 0.6 is 0 Å². The summed E-state index contributed by atoms with van der Waals surface area (Å²) in [6, 6.07) is 6.50. The van der Waals surface area contributed by atoms with Crippen LogP contribution in [0, 0.1) is 6.92 Å². The standard InChI is InChI=1S/C11H15NO/c1-8-2-3-10-9(6-8)4-5-13-11(10)7-12/h2-3,6,11H,4-5,7,12H2,1H3/t11-/m0/s1. The van der Waals surface area contributed by atoms with Crippen LogP contribution in [0.1, 0.15) is 22.8 Å². The Kier molecular flexibility index (Phi) is 2.34. The van der Waals surface area contributed by atoms with Crippen LogP contribution in [-0.4, -0.2) is 13.2 Å². The highest BCUT2D eigenvalue weighted by molar-refractivity contribution is 5.34. The fourth-order valence-electron chi connectivity index (χ4n) is 1.86. The Morgan fingerprint density at radius 2 is 2.38 bits per heavy atom. The predicted octanol–water partition coefficient (Wildman–Crippen LogP) is 1.57. The van der Waals surface area contributed by atoms with Crippen LogP contribution in [0.3, 0.4) is 0 Å². The molecule has 0 fully saturated rings. The van der Waals surface area contributed by atoms with Gasteiger partial charge in [-0.25, -0.2) is 0 Å². The fraction of sp³-hybridized carbons (Fsp3) is 0.455. The van der Waals surface area contributed by atoms with Crippen molar-refractivity contribution in [1.29, 1.82) is 0 Å². The normalized spacial score (nSPS) is 21.2. The van der Waals surface area contributed by atoms with Crippen LogP contribution < -0.4 is 5.73 Å². The summed E-state index contributed by atoms with van der Waals surface area (Å²) in [5, 5.41) is 0. The van der Waals surface area contributed by atoms with Crippen molar-refractivity contribution in [2.24, 2.45) is 5.73 Å². The molecule has 1 aliphatic heterocycles. The topological polar surface area (TPSA) is 35.2 Å². The number of benzene rings is 1. The van der Waals surface area contributed by atoms with Gasteiger partial charge in [0.05, 0.1) is 12.7 Å². The number of hydrogen-bond donors (Lipinski definition) is 1. The summed E-state index contributed by atoms with van der Waals surface area (Å²) in [4.78, 5) is 0. The quantitative estimate of drug-likeness (QED) is 0.706. The largest absolute Gasteiger partial charge is 0.372 e. The molecule has 0 saturated heterocycles. The van der Waals surface area contributed by atoms with E-state index in [1.807, 2.05) is 0 Å². The van der Waals surface area contributed by atoms with Gasteiger partial charge in [0.2, 0.25) is 0 Å². The summed E-state index contributed by atoms with van der Waals surface area (Å²) in [5.74, 6) is 0. The van der Waals surface area contributed by atoms with Crippen molar-refractivity contribution in [3.05, 3.63) is 34.9 Å². The van der Waals surface area contributed by atoms with Gasteiger partial charge in [0.1, 0.15) is 0 Å². The minimum Gasteiger partial charge on any atom is -0.372 e. The van der Waals surface area contributed by atoms with Crippen LogP contribution in [0.15, 0.2) is 18.2 Å². The van der Waals surface area contributed by atoms with E-state index in [0.29, 0.717) is 6.54 Å². The smallest absolute Gasteiger partial charge is 0.0949 e. The van der Waals surface area contributed by atoms with E-state index in [1.165, 1.54) is 16.7 Å². The van der Waals surface area contributed by atoms with Gasteiger partial charge in [-0.15, -0.1) is 0 Å². The molecule has 13 heavy (non-hydrogen) atoms. The molecular weight excluding hydrogens is 162 g/mol. The molecule has 0 aliphatic carbocycles. The minimum atomic E-state index is 0.115. The van der Waals surface area contributed by atoms with Gasteiger partial charge in [0.25, 0.3) is 0 Å². The molecule has 2 N–H and O–H groups in total. The van der Waals surface area contributed by atoms with Crippen molar-refractivity contribution in [1.82, 2.24) is 0 Å². The van der Waals surface area contributed by atoms with Gasteiger partial charge in [-0.05, 0) is 24.5 Å². The van der Waals surface area contributed by atoms with Gasteiger partial charge in [-0.1, -0.05) is 23.8 Å². The Morgan fingerprint density at radius 1 is 1.54 bits per heavy atom. The molecule has 0 radical (unpaired) electrons. The van der Waals surface area contributed by atoms with E-state index >= 15 is 0 Å². The molecular formula is C11H15NO. The lowest BCUT2D eigenvalue weighted by atomic mass is 9.96. The second-order valence-corrected chi connectivity index (χ2v) is 3.55. The van der Waals surface area contributed by atoms with Crippen molar-refractivity contribution in [3.63, 3.8) is 0 Å². The molecule has 0 bridgehead atoms. The Bertz CT molecular complexity index is 309. The van der Waals surface area contributed by atoms with Crippen LogP contribution in [-0.2, 0) is 11.2 Å². The maximum Gasteiger partial charge on any atom is 0.0949 e. The Balaban J connectivity index is 2.40. The lowest BCUT2D eigenvalue weighted by Gasteiger charge is -2.25. The SMILES string of the molecule is Cc1ccc2c(c1)CCO[C@H]2CN. The highest BCUT2D eigenvalue weighted by Gasteiger charge is 2.18. The second-order valence-electron chi connectivity index (χ2n) is 3.55. The molecule has 2 heteroatoms. The van der Waals surface area contributed by atoms with Crippen molar-refractivity contribution in [3.8, 4) is 0 Å². The summed E-state index contributed by atoms with van der Waals surface area (Å²) in [7, 11) is 0. The molecule has 1 atom stereocenters. The fourth-order valence-corrected chi connectivity index (χ4v) is 1.86. The van der Waals surface area contributed by atoms with Crippen molar-refractivity contribution >= 4 is 0 Å². The molecule has 0 saturated carbocycles. The van der Waals surface area contributed by atoms with Gasteiger partial charge < -0.3 is 10.5 Å². The molecule has 1 aromatic rings. The molecule has 0 spiro atoms. The van der Waals surface area contributed by atoms with Gasteiger partial charge in [0.15, 0.2) is 0 Å². The highest BCUT2D eigenvalue weighted by Crippen LogP contribution is 2.26. The lowest BCUT2D eigenvalue weighted by molar-refractivity contribution is 0.0485. The van der Waals surface area contributed by atoms with Crippen LogP contribution in [0.5, 0.6) is 0 Å². The van der Waals surface area contributed by atoms with Gasteiger partial charge in [-0.3, -0.25) is 0 Å². The zero-order valence-corrected chi connectivity index (χ0v) is 7.92. The number of fused-ring (bicyclic) bond motifs is 1. The van der Waals surface area contributed by atoms with Crippen molar-refractivity contribution in [2.75, 3.05) is 13.2 Å². The molecule has 2 rings (SSSR count). The van der Waals surface area contributed by atoms with E-state index in [0.717, 1.165) is 13.0 Å². The zero-order chi connectivity index (χ0) is 9.26. The van der Waals surface area contributed by atoms with Crippen LogP contribution in [0.25, 0.3) is 0 Å². The number of rotatable bonds is 1. The molecule has 70 valence electrons. The Hall–Kier alpha value is -0.860. The second kappa shape index (κ2) is 3.48. The van der Waals surface area contributed by atoms with Gasteiger partial charge in [-0.2, -0.15) is 0 Å². The average Bonchev–Trinajstić information content (AvgIpc) is 2.16. The molecule has 2 nitrogen and oxygen atoms in total. The zero-order valence-electron chi connectivity index (χ0n) is 7.92. The van der Waals surface area contributed by atoms with Gasteiger partial charge in [0, 0.05) is 6.54 Å². The summed E-state index contributed by atoms with van der Waals surface area (Å²) >= 11 is 0. The van der Waals surface area contributed by atoms with E-state index in [9.17, 15) is 0 Å². The maximum atomic E-state index is 5.63. The summed E-state index contributed by atoms with van der Waals surface area (Å²) in [6.45, 7) is 3.50. The third-order valence-corrected chi connectivity index (χ3v) is 2.55. The van der Waals surface area contributed by atoms with E-state index in [1.54, 1.807) is 0 Å². The highest BCUT2D eigenvalue weighted by atomic mass is 16.5. The predicted molar refractivity (Wildman–Crippen MR) is 52.6 cm³/mol. The number of aryl methyl sites for hydroxylation is 1. The number of hydrogen-bond acceptors (Lipinski definition) is 2. The maximum absolute atomic E-state index is 5.63. The lowest BCUT2D eigenvalue weighted by Crippen LogP contribution is -2.22. The molecule has 0 amide bonds. The number of ether oxygens (including phenoxy) is 1. The summed E-state index contributed by atoms with van der Waals surface area (Å²) < 4.78 is 5.57. The van der Waals surface area contributed by atoms with E-state index in [4.69, 9.17) is 10.5 Å². The summed E-state index contributed by atoms with van der Waals surface area (Å²) in [5.41, 5.74) is 9.63. The first-order valence-corrected chi connectivity index (χ1v) is 4.72. The third-order valence-electron chi connectivity index (χ3n) is 2.55. The van der Waals surface area contributed by atoms with E-state index < -0.39 is 0 Å². The van der Waals surface area contributed by atoms with Crippen LogP contribution in [0.4, 0.5) is 0 Å². The number of nitrogens with two attached hydrogens (primary N) is 1. The van der Waals surface area contributed by atoms with E-state index in [2.05, 4.69) is 25.1 Å². The molecule has 0 unspecified atom stereocenters. The molecule has 1 aromatic carbocycles. The monoisotopic (exact) mass is 177 g/mol.